The van der Waals surface area contributed by atoms with Gasteiger partial charge in [0, 0.05) is 5.56 Å². The van der Waals surface area contributed by atoms with E-state index in [1.54, 1.807) is 0 Å². The first-order chi connectivity index (χ1) is 8.25. The van der Waals surface area contributed by atoms with Gasteiger partial charge < -0.3 is 9.63 Å². The first-order valence-electron chi connectivity index (χ1n) is 4.93. The van der Waals surface area contributed by atoms with Crippen molar-refractivity contribution in [1.29, 1.82) is 0 Å². The van der Waals surface area contributed by atoms with E-state index in [9.17, 15) is 4.79 Å². The van der Waals surface area contributed by atoms with Gasteiger partial charge in [0.25, 0.3) is 5.89 Å². The van der Waals surface area contributed by atoms with Crippen molar-refractivity contribution >= 4 is 17.7 Å². The molecule has 0 amide bonds. The highest BCUT2D eigenvalue weighted by atomic mass is 32.2. The summed E-state index contributed by atoms with van der Waals surface area (Å²) in [6, 6.07) is 9.43. The molecule has 6 heteroatoms. The van der Waals surface area contributed by atoms with Crippen LogP contribution in [0.1, 0.15) is 5.82 Å². The molecule has 2 aromatic rings. The van der Waals surface area contributed by atoms with Crippen LogP contribution in [0.4, 0.5) is 0 Å². The lowest BCUT2D eigenvalue weighted by Crippen LogP contribution is -1.98. The molecule has 0 spiro atoms. The lowest BCUT2D eigenvalue weighted by Gasteiger charge is -1.91. The molecule has 0 radical (unpaired) electrons. The van der Waals surface area contributed by atoms with Crippen molar-refractivity contribution in [3.8, 4) is 11.5 Å². The van der Waals surface area contributed by atoms with Gasteiger partial charge in [-0.25, -0.2) is 0 Å². The van der Waals surface area contributed by atoms with Gasteiger partial charge in [0.05, 0.1) is 11.5 Å². The molecule has 0 atom stereocenters. The summed E-state index contributed by atoms with van der Waals surface area (Å²) in [4.78, 5) is 14.5. The maximum atomic E-state index is 10.3. The third-order valence-corrected chi connectivity index (χ3v) is 2.86. The molecule has 2 rings (SSSR count). The van der Waals surface area contributed by atoms with Gasteiger partial charge in [0.2, 0.25) is 0 Å². The summed E-state index contributed by atoms with van der Waals surface area (Å²) in [6.07, 6.45) is 0. The fourth-order valence-electron chi connectivity index (χ4n) is 1.24. The predicted octanol–water partition coefficient (Wildman–Crippen LogP) is 2.05. The zero-order valence-corrected chi connectivity index (χ0v) is 9.68. The largest absolute Gasteiger partial charge is 0.481 e. The number of thioether (sulfide) groups is 1. The quantitative estimate of drug-likeness (QED) is 0.875. The van der Waals surface area contributed by atoms with Crippen LogP contribution in [0.2, 0.25) is 0 Å². The van der Waals surface area contributed by atoms with Gasteiger partial charge in [0.1, 0.15) is 0 Å². The van der Waals surface area contributed by atoms with E-state index in [0.29, 0.717) is 17.5 Å². The number of aliphatic carboxylic acids is 1. The van der Waals surface area contributed by atoms with Crippen LogP contribution in [-0.2, 0) is 10.5 Å². The number of carboxylic acids is 1. The second kappa shape index (κ2) is 5.49. The van der Waals surface area contributed by atoms with Crippen LogP contribution in [0.25, 0.3) is 11.5 Å². The van der Waals surface area contributed by atoms with Crippen LogP contribution in [0.3, 0.4) is 0 Å². The topological polar surface area (TPSA) is 76.2 Å². The molecule has 0 aliphatic heterocycles. The van der Waals surface area contributed by atoms with Crippen LogP contribution >= 0.6 is 11.8 Å². The van der Waals surface area contributed by atoms with Crippen molar-refractivity contribution < 1.29 is 14.4 Å². The van der Waals surface area contributed by atoms with Crippen molar-refractivity contribution in [2.45, 2.75) is 5.75 Å². The Balaban J connectivity index is 1.99. The van der Waals surface area contributed by atoms with Gasteiger partial charge in [-0.15, -0.1) is 11.8 Å². The third-order valence-electron chi connectivity index (χ3n) is 1.95. The molecule has 0 saturated heterocycles. The number of rotatable bonds is 5. The normalized spacial score (nSPS) is 10.4. The van der Waals surface area contributed by atoms with Gasteiger partial charge >= 0.3 is 5.97 Å². The third kappa shape index (κ3) is 3.32. The monoisotopic (exact) mass is 250 g/mol. The molecule has 5 nitrogen and oxygen atoms in total. The SMILES string of the molecule is O=C(O)CSCc1noc(-c2ccccc2)n1. The Bertz CT molecular complexity index is 498. The molecule has 0 unspecified atom stereocenters. The summed E-state index contributed by atoms with van der Waals surface area (Å²) in [5, 5.41) is 12.3. The minimum absolute atomic E-state index is 0.0369. The van der Waals surface area contributed by atoms with E-state index in [1.165, 1.54) is 11.8 Å². The molecule has 17 heavy (non-hydrogen) atoms. The second-order valence-corrected chi connectivity index (χ2v) is 4.25. The molecule has 1 N–H and O–H groups in total. The fraction of sp³-hybridized carbons (Fsp3) is 0.182. The van der Waals surface area contributed by atoms with Gasteiger partial charge in [-0.05, 0) is 12.1 Å². The second-order valence-electron chi connectivity index (χ2n) is 3.27. The zero-order chi connectivity index (χ0) is 12.1. The van der Waals surface area contributed by atoms with E-state index in [1.807, 2.05) is 30.3 Å². The lowest BCUT2D eigenvalue weighted by atomic mass is 10.2. The lowest BCUT2D eigenvalue weighted by molar-refractivity contribution is -0.133. The standard InChI is InChI=1S/C11H10N2O3S/c14-10(15)7-17-6-9-12-11(16-13-9)8-4-2-1-3-5-8/h1-5H,6-7H2,(H,14,15). The van der Waals surface area contributed by atoms with Crippen molar-refractivity contribution in [2.24, 2.45) is 0 Å². The van der Waals surface area contributed by atoms with Crippen LogP contribution in [0.15, 0.2) is 34.9 Å². The summed E-state index contributed by atoms with van der Waals surface area (Å²) in [5.74, 6) is 0.589. The minimum Gasteiger partial charge on any atom is -0.481 e. The Labute approximate surface area is 102 Å². The van der Waals surface area contributed by atoms with E-state index in [0.717, 1.165) is 5.56 Å². The number of aromatic nitrogens is 2. The highest BCUT2D eigenvalue weighted by Gasteiger charge is 2.08. The van der Waals surface area contributed by atoms with Crippen molar-refractivity contribution in [1.82, 2.24) is 10.1 Å². The smallest absolute Gasteiger partial charge is 0.313 e. The predicted molar refractivity (Wildman–Crippen MR) is 63.5 cm³/mol. The number of nitrogens with zero attached hydrogens (tertiary/aromatic N) is 2. The van der Waals surface area contributed by atoms with Gasteiger partial charge in [-0.3, -0.25) is 4.79 Å². The number of benzene rings is 1. The van der Waals surface area contributed by atoms with Gasteiger partial charge in [-0.1, -0.05) is 23.4 Å². The Hall–Kier alpha value is -1.82. The van der Waals surface area contributed by atoms with Crippen molar-refractivity contribution in [3.63, 3.8) is 0 Å². The summed E-state index contributed by atoms with van der Waals surface area (Å²) in [5.41, 5.74) is 0.856. The van der Waals surface area contributed by atoms with Crippen LogP contribution in [0.5, 0.6) is 0 Å². The maximum absolute atomic E-state index is 10.3. The average molecular weight is 250 g/mol. The molecule has 0 bridgehead atoms. The van der Waals surface area contributed by atoms with E-state index in [-0.39, 0.29) is 5.75 Å². The number of hydrogen-bond donors (Lipinski definition) is 1. The summed E-state index contributed by atoms with van der Waals surface area (Å²) >= 11 is 1.24. The summed E-state index contributed by atoms with van der Waals surface area (Å²) < 4.78 is 5.09. The number of hydrogen-bond acceptors (Lipinski definition) is 5. The molecule has 0 fully saturated rings. The molecule has 88 valence electrons. The first-order valence-corrected chi connectivity index (χ1v) is 6.09. The molecule has 1 aromatic heterocycles. The average Bonchev–Trinajstić information content (AvgIpc) is 2.78. The molecule has 1 heterocycles. The zero-order valence-electron chi connectivity index (χ0n) is 8.87. The van der Waals surface area contributed by atoms with Gasteiger partial charge in [0.15, 0.2) is 5.82 Å². The van der Waals surface area contributed by atoms with Crippen LogP contribution in [0, 0.1) is 0 Å². The van der Waals surface area contributed by atoms with E-state index in [4.69, 9.17) is 9.63 Å². The Morgan fingerprint density at radius 2 is 2.12 bits per heavy atom. The molecular weight excluding hydrogens is 240 g/mol. The van der Waals surface area contributed by atoms with Crippen LogP contribution < -0.4 is 0 Å². The first kappa shape index (κ1) is 11.7. The Morgan fingerprint density at radius 3 is 2.82 bits per heavy atom. The molecule has 0 aliphatic carbocycles. The van der Waals surface area contributed by atoms with Crippen molar-refractivity contribution in [3.05, 3.63) is 36.2 Å². The van der Waals surface area contributed by atoms with E-state index < -0.39 is 5.97 Å². The van der Waals surface area contributed by atoms with Crippen LogP contribution in [-0.4, -0.2) is 27.0 Å². The molecule has 1 aromatic carbocycles. The van der Waals surface area contributed by atoms with Gasteiger partial charge in [-0.2, -0.15) is 4.98 Å². The molecule has 0 aliphatic rings. The van der Waals surface area contributed by atoms with E-state index in [2.05, 4.69) is 10.1 Å². The minimum atomic E-state index is -0.846. The molecular formula is C11H10N2O3S. The van der Waals surface area contributed by atoms with Crippen molar-refractivity contribution in [2.75, 3.05) is 5.75 Å². The van der Waals surface area contributed by atoms with E-state index >= 15 is 0 Å². The fourth-order valence-corrected chi connectivity index (χ4v) is 1.82. The summed E-state index contributed by atoms with van der Waals surface area (Å²) in [6.45, 7) is 0. The number of carbonyl (C=O) groups is 1. The maximum Gasteiger partial charge on any atom is 0.313 e. The highest BCUT2D eigenvalue weighted by molar-refractivity contribution is 7.99. The Kier molecular flexibility index (Phi) is 3.77. The number of carboxylic acid groups (broad SMARTS) is 1. The highest BCUT2D eigenvalue weighted by Crippen LogP contribution is 2.17. The summed E-state index contributed by atoms with van der Waals surface area (Å²) in [7, 11) is 0. The Morgan fingerprint density at radius 1 is 1.35 bits per heavy atom. The molecule has 0 saturated carbocycles.